The fourth-order valence-electron chi connectivity index (χ4n) is 4.25. The van der Waals surface area contributed by atoms with Crippen LogP contribution in [-0.4, -0.2) is 49.6 Å². The topological polar surface area (TPSA) is 83.1 Å². The maximum absolute atomic E-state index is 12.9. The fraction of sp³-hybridized carbons (Fsp3) is 0.692. The lowest BCUT2D eigenvalue weighted by molar-refractivity contribution is -0.161. The van der Waals surface area contributed by atoms with E-state index in [4.69, 9.17) is 18.9 Å². The quantitative estimate of drug-likeness (QED) is 0.595. The molecule has 1 saturated carbocycles. The lowest BCUT2D eigenvalue weighted by Crippen LogP contribution is -2.46. The standard InChI is InChI=1S/C26H39NO6/c1-17-23(31-16-19-9-10-19)20(15-18-11-13-21(30-5)14-12-18)7-6-8-22(24(28)32-17)27-25(29)33-26(2,3)4/h11-14,17,19-20,22-23H,6-10,15-16H2,1-5H3,(H,27,29)/t17-,20+,22-,23-/m0/s1. The maximum atomic E-state index is 12.9. The van der Waals surface area contributed by atoms with Gasteiger partial charge in [-0.15, -0.1) is 0 Å². The summed E-state index contributed by atoms with van der Waals surface area (Å²) in [5, 5.41) is 2.70. The monoisotopic (exact) mass is 461 g/mol. The van der Waals surface area contributed by atoms with Gasteiger partial charge in [-0.1, -0.05) is 18.6 Å². The molecule has 1 aromatic carbocycles. The van der Waals surface area contributed by atoms with Gasteiger partial charge in [0.25, 0.3) is 0 Å². The summed E-state index contributed by atoms with van der Waals surface area (Å²) in [7, 11) is 1.66. The van der Waals surface area contributed by atoms with Crippen molar-refractivity contribution < 1.29 is 28.5 Å². The number of rotatable bonds is 7. The van der Waals surface area contributed by atoms with Crippen molar-refractivity contribution in [2.75, 3.05) is 13.7 Å². The molecule has 0 unspecified atom stereocenters. The van der Waals surface area contributed by atoms with Crippen molar-refractivity contribution >= 4 is 12.1 Å². The smallest absolute Gasteiger partial charge is 0.408 e. The van der Waals surface area contributed by atoms with Crippen LogP contribution in [0.5, 0.6) is 5.75 Å². The van der Waals surface area contributed by atoms with Crippen LogP contribution in [0.1, 0.15) is 65.4 Å². The lowest BCUT2D eigenvalue weighted by atomic mass is 9.86. The molecular formula is C26H39NO6. The van der Waals surface area contributed by atoms with E-state index in [-0.39, 0.29) is 12.0 Å². The van der Waals surface area contributed by atoms with Crippen molar-refractivity contribution in [3.05, 3.63) is 29.8 Å². The molecule has 2 aliphatic rings. The zero-order valence-corrected chi connectivity index (χ0v) is 20.6. The molecule has 1 amide bonds. The molecule has 1 heterocycles. The van der Waals surface area contributed by atoms with Crippen molar-refractivity contribution in [3.63, 3.8) is 0 Å². The van der Waals surface area contributed by atoms with Gasteiger partial charge < -0.3 is 24.3 Å². The molecule has 2 fully saturated rings. The average molecular weight is 462 g/mol. The van der Waals surface area contributed by atoms with Crippen molar-refractivity contribution in [1.29, 1.82) is 0 Å². The third-order valence-corrected chi connectivity index (χ3v) is 6.15. The van der Waals surface area contributed by atoms with Crippen molar-refractivity contribution in [1.82, 2.24) is 5.32 Å². The van der Waals surface area contributed by atoms with Crippen molar-refractivity contribution in [2.45, 2.75) is 90.1 Å². The highest BCUT2D eigenvalue weighted by atomic mass is 16.6. The fourth-order valence-corrected chi connectivity index (χ4v) is 4.25. The Morgan fingerprint density at radius 1 is 1.12 bits per heavy atom. The summed E-state index contributed by atoms with van der Waals surface area (Å²) in [4.78, 5) is 25.2. The third-order valence-electron chi connectivity index (χ3n) is 6.15. The summed E-state index contributed by atoms with van der Waals surface area (Å²) in [6, 6.07) is 7.36. The predicted octanol–water partition coefficient (Wildman–Crippen LogP) is 4.66. The minimum atomic E-state index is -0.730. The first-order chi connectivity index (χ1) is 15.6. The van der Waals surface area contributed by atoms with Crippen molar-refractivity contribution in [3.8, 4) is 5.75 Å². The molecule has 33 heavy (non-hydrogen) atoms. The van der Waals surface area contributed by atoms with E-state index in [2.05, 4.69) is 17.4 Å². The van der Waals surface area contributed by atoms with E-state index in [9.17, 15) is 9.59 Å². The highest BCUT2D eigenvalue weighted by molar-refractivity contribution is 5.81. The third kappa shape index (κ3) is 8.22. The van der Waals surface area contributed by atoms with Gasteiger partial charge in [0.15, 0.2) is 0 Å². The minimum absolute atomic E-state index is 0.195. The zero-order chi connectivity index (χ0) is 24.0. The van der Waals surface area contributed by atoms with Gasteiger partial charge in [-0.2, -0.15) is 0 Å². The number of ether oxygens (including phenoxy) is 4. The lowest BCUT2D eigenvalue weighted by Gasteiger charge is -2.31. The summed E-state index contributed by atoms with van der Waals surface area (Å²) < 4.78 is 22.8. The van der Waals surface area contributed by atoms with Gasteiger partial charge in [0.1, 0.15) is 23.5 Å². The van der Waals surface area contributed by atoms with Gasteiger partial charge >= 0.3 is 12.1 Å². The molecule has 4 atom stereocenters. The van der Waals surface area contributed by atoms with E-state index in [0.29, 0.717) is 18.9 Å². The van der Waals surface area contributed by atoms with Gasteiger partial charge in [0.2, 0.25) is 0 Å². The Morgan fingerprint density at radius 2 is 1.82 bits per heavy atom. The highest BCUT2D eigenvalue weighted by Crippen LogP contribution is 2.33. The SMILES string of the molecule is COc1ccc(C[C@H]2CCC[C@H](NC(=O)OC(C)(C)C)C(=O)O[C@@H](C)[C@@H]2OCC2CC2)cc1. The normalized spacial score (nSPS) is 26.4. The first kappa shape index (κ1) is 25.3. The van der Waals surface area contributed by atoms with Gasteiger partial charge in [-0.25, -0.2) is 9.59 Å². The second kappa shape index (κ2) is 11.2. The number of hydrogen-bond donors (Lipinski definition) is 1. The Kier molecular flexibility index (Phi) is 8.63. The summed E-state index contributed by atoms with van der Waals surface area (Å²) >= 11 is 0. The molecule has 1 aliphatic carbocycles. The molecule has 1 saturated heterocycles. The van der Waals surface area contributed by atoms with Gasteiger partial charge in [-0.3, -0.25) is 0 Å². The van der Waals surface area contributed by atoms with Gasteiger partial charge in [0.05, 0.1) is 13.2 Å². The van der Waals surface area contributed by atoms with E-state index >= 15 is 0 Å². The zero-order valence-electron chi connectivity index (χ0n) is 20.6. The first-order valence-corrected chi connectivity index (χ1v) is 12.1. The molecule has 1 N–H and O–H groups in total. The van der Waals surface area contributed by atoms with Gasteiger partial charge in [-0.05, 0) is 89.3 Å². The molecule has 0 spiro atoms. The Bertz CT molecular complexity index is 783. The average Bonchev–Trinajstić information content (AvgIpc) is 3.55. The van der Waals surface area contributed by atoms with E-state index in [1.165, 1.54) is 18.4 Å². The molecule has 1 aromatic rings. The van der Waals surface area contributed by atoms with Crippen LogP contribution in [0.15, 0.2) is 24.3 Å². The summed E-state index contributed by atoms with van der Waals surface area (Å²) in [5.41, 5.74) is 0.562. The van der Waals surface area contributed by atoms with Crippen LogP contribution in [0.2, 0.25) is 0 Å². The molecule has 0 aromatic heterocycles. The predicted molar refractivity (Wildman–Crippen MR) is 125 cm³/mol. The number of hydrogen-bond acceptors (Lipinski definition) is 6. The number of esters is 1. The number of carbonyl (C=O) groups is 2. The molecule has 7 heteroatoms. The highest BCUT2D eigenvalue weighted by Gasteiger charge is 2.36. The molecule has 0 bridgehead atoms. The van der Waals surface area contributed by atoms with Crippen LogP contribution in [0, 0.1) is 11.8 Å². The number of methoxy groups -OCH3 is 1. The van der Waals surface area contributed by atoms with E-state index in [0.717, 1.165) is 25.0 Å². The Morgan fingerprint density at radius 3 is 2.42 bits per heavy atom. The largest absolute Gasteiger partial charge is 0.497 e. The molecule has 1 aliphatic heterocycles. The molecule has 3 rings (SSSR count). The number of amides is 1. The Labute approximate surface area is 197 Å². The number of carbonyl (C=O) groups excluding carboxylic acids is 2. The van der Waals surface area contributed by atoms with E-state index < -0.39 is 29.8 Å². The number of cyclic esters (lactones) is 1. The van der Waals surface area contributed by atoms with Crippen LogP contribution in [0.4, 0.5) is 4.79 Å². The van der Waals surface area contributed by atoms with Crippen molar-refractivity contribution in [2.24, 2.45) is 11.8 Å². The number of alkyl carbamates (subject to hydrolysis) is 1. The number of benzene rings is 1. The van der Waals surface area contributed by atoms with E-state index in [1.54, 1.807) is 27.9 Å². The first-order valence-electron chi connectivity index (χ1n) is 12.1. The van der Waals surface area contributed by atoms with Crippen LogP contribution in [0.25, 0.3) is 0 Å². The summed E-state index contributed by atoms with van der Waals surface area (Å²) in [5.74, 6) is 1.20. The maximum Gasteiger partial charge on any atom is 0.408 e. The van der Waals surface area contributed by atoms with Crippen LogP contribution in [0.3, 0.4) is 0 Å². The van der Waals surface area contributed by atoms with Crippen LogP contribution < -0.4 is 10.1 Å². The Hall–Kier alpha value is -2.28. The van der Waals surface area contributed by atoms with Crippen LogP contribution in [-0.2, 0) is 25.4 Å². The number of nitrogens with one attached hydrogen (secondary N) is 1. The Balaban J connectivity index is 1.71. The van der Waals surface area contributed by atoms with Gasteiger partial charge in [0, 0.05) is 6.61 Å². The summed E-state index contributed by atoms with van der Waals surface area (Å²) in [6.07, 6.45) is 4.15. The molecule has 0 radical (unpaired) electrons. The minimum Gasteiger partial charge on any atom is -0.497 e. The van der Waals surface area contributed by atoms with E-state index in [1.807, 2.05) is 19.1 Å². The summed E-state index contributed by atoms with van der Waals surface area (Å²) in [6.45, 7) is 7.97. The second-order valence-electron chi connectivity index (χ2n) is 10.3. The molecule has 7 nitrogen and oxygen atoms in total. The molecular weight excluding hydrogens is 422 g/mol. The van der Waals surface area contributed by atoms with Crippen LogP contribution >= 0.6 is 0 Å². The molecule has 184 valence electrons. The second-order valence-corrected chi connectivity index (χ2v) is 10.3.